The van der Waals surface area contributed by atoms with Crippen molar-refractivity contribution in [2.45, 2.75) is 48.7 Å². The summed E-state index contributed by atoms with van der Waals surface area (Å²) in [4.78, 5) is 2.02. The molecule has 5 rings (SSSR count). The second-order valence-corrected chi connectivity index (χ2v) is 10.5. The minimum absolute atomic E-state index is 0.00610. The molecule has 0 aromatic heterocycles. The van der Waals surface area contributed by atoms with Gasteiger partial charge in [0.15, 0.2) is 11.5 Å². The Balaban J connectivity index is 1.39. The Bertz CT molecular complexity index is 1300. The van der Waals surface area contributed by atoms with E-state index in [9.17, 15) is 22.5 Å². The van der Waals surface area contributed by atoms with E-state index in [1.807, 2.05) is 53.4 Å². The normalized spacial score (nSPS) is 23.1. The van der Waals surface area contributed by atoms with Gasteiger partial charge in [-0.2, -0.15) is 0 Å². The summed E-state index contributed by atoms with van der Waals surface area (Å²) < 4.78 is 71.6. The number of aliphatic hydroxyl groups excluding tert-OH is 1. The van der Waals surface area contributed by atoms with Crippen molar-refractivity contribution in [1.82, 2.24) is 4.72 Å². The Hall–Kier alpha value is -3.28. The van der Waals surface area contributed by atoms with Crippen LogP contribution in [-0.2, 0) is 9.92 Å². The van der Waals surface area contributed by atoms with Crippen LogP contribution in [-0.4, -0.2) is 33.9 Å². The zero-order valence-electron chi connectivity index (χ0n) is 18.9. The van der Waals surface area contributed by atoms with Gasteiger partial charge in [0.2, 0.25) is 0 Å². The summed E-state index contributed by atoms with van der Waals surface area (Å²) in [5, 5.41) is 11.4. The van der Waals surface area contributed by atoms with Crippen molar-refractivity contribution in [3.8, 4) is 17.2 Å². The van der Waals surface area contributed by atoms with Crippen molar-refractivity contribution in [2.24, 2.45) is 0 Å². The minimum atomic E-state index is -4.85. The Morgan fingerprint density at radius 1 is 0.972 bits per heavy atom. The Labute approximate surface area is 206 Å². The van der Waals surface area contributed by atoms with Gasteiger partial charge < -0.3 is 19.5 Å². The van der Waals surface area contributed by atoms with Crippen LogP contribution in [0.4, 0.5) is 24.5 Å². The Morgan fingerprint density at radius 3 is 2.14 bits per heavy atom. The molecule has 0 bridgehead atoms. The van der Waals surface area contributed by atoms with Gasteiger partial charge in [0, 0.05) is 6.04 Å². The fraction of sp³-hybridized carbons (Fsp3) is 0.280. The molecule has 1 aliphatic heterocycles. The molecule has 11 heteroatoms. The summed E-state index contributed by atoms with van der Waals surface area (Å²) in [6.45, 7) is 0. The van der Waals surface area contributed by atoms with Crippen molar-refractivity contribution in [3.63, 3.8) is 0 Å². The van der Waals surface area contributed by atoms with E-state index in [4.69, 9.17) is 9.52 Å². The Morgan fingerprint density at radius 2 is 1.56 bits per heavy atom. The van der Waals surface area contributed by atoms with Crippen molar-refractivity contribution < 1.29 is 32.0 Å². The summed E-state index contributed by atoms with van der Waals surface area (Å²) in [7, 11) is -3.62. The fourth-order valence-corrected chi connectivity index (χ4v) is 6.11. The lowest BCUT2D eigenvalue weighted by molar-refractivity contribution is -0.274. The number of anilines is 2. The third-order valence-electron chi connectivity index (χ3n) is 6.33. The predicted molar refractivity (Wildman–Crippen MR) is 128 cm³/mol. The maximum absolute atomic E-state index is 13.2. The number of benzene rings is 3. The molecule has 7 nitrogen and oxygen atoms in total. The van der Waals surface area contributed by atoms with Gasteiger partial charge in [-0.25, -0.2) is 13.7 Å². The van der Waals surface area contributed by atoms with Gasteiger partial charge in [0.25, 0.3) is 0 Å². The number of hydrogen-bond acceptors (Lipinski definition) is 6. The standard InChI is InChI=1S/C25H24F3N3O4S/c26-25(27,28)35-16-12-14-17(15-13-16)36(29,33)30-18-6-5-9-21(24(18)32)31-19-7-1-3-10-22(19)34-23-11-4-2-8-20(23)31/h1-4,7-8,10-15,18,21,24,32H,5-6,9H2,(H2,29,30,33)/t18-,21?,24+,36?/m1/s1. The SMILES string of the molecule is N=S(=O)(N[C@@H]1CCCC(N2c3ccccc3Oc3ccccc32)[C@H]1O)c1ccc(OC(F)(F)F)cc1. The van der Waals surface area contributed by atoms with Gasteiger partial charge in [-0.1, -0.05) is 24.3 Å². The highest BCUT2D eigenvalue weighted by molar-refractivity contribution is 7.90. The van der Waals surface area contributed by atoms with Crippen LogP contribution in [0.15, 0.2) is 77.7 Å². The predicted octanol–water partition coefficient (Wildman–Crippen LogP) is 5.72. The van der Waals surface area contributed by atoms with Crippen LogP contribution in [0.2, 0.25) is 0 Å². The monoisotopic (exact) mass is 519 g/mol. The first kappa shape index (κ1) is 24.4. The van der Waals surface area contributed by atoms with Crippen LogP contribution < -0.4 is 19.1 Å². The molecular weight excluding hydrogens is 495 g/mol. The minimum Gasteiger partial charge on any atom is -0.453 e. The molecule has 1 aliphatic carbocycles. The van der Waals surface area contributed by atoms with Crippen molar-refractivity contribution in [2.75, 3.05) is 4.90 Å². The van der Waals surface area contributed by atoms with Crippen LogP contribution in [0, 0.1) is 4.78 Å². The second kappa shape index (κ2) is 9.30. The highest BCUT2D eigenvalue weighted by Crippen LogP contribution is 2.49. The van der Waals surface area contributed by atoms with E-state index < -0.39 is 34.2 Å². The van der Waals surface area contributed by atoms with Gasteiger partial charge in [-0.15, -0.1) is 13.2 Å². The van der Waals surface area contributed by atoms with Crippen molar-refractivity contribution in [3.05, 3.63) is 72.8 Å². The first-order valence-corrected chi connectivity index (χ1v) is 12.9. The lowest BCUT2D eigenvalue weighted by Gasteiger charge is -2.45. The molecule has 1 saturated carbocycles. The molecule has 1 heterocycles. The first-order chi connectivity index (χ1) is 17.1. The molecule has 0 spiro atoms. The number of nitrogens with one attached hydrogen (secondary N) is 2. The summed E-state index contributed by atoms with van der Waals surface area (Å²) in [6.07, 6.45) is -3.99. The van der Waals surface area contributed by atoms with Gasteiger partial charge in [0.05, 0.1) is 28.4 Å². The van der Waals surface area contributed by atoms with E-state index in [1.165, 1.54) is 0 Å². The average Bonchev–Trinajstić information content (AvgIpc) is 2.83. The molecule has 4 atom stereocenters. The zero-order chi connectivity index (χ0) is 25.5. The van der Waals surface area contributed by atoms with E-state index >= 15 is 0 Å². The lowest BCUT2D eigenvalue weighted by Crippen LogP contribution is -2.55. The number of nitrogens with zero attached hydrogens (tertiary/aromatic N) is 1. The van der Waals surface area contributed by atoms with Crippen molar-refractivity contribution >= 4 is 21.3 Å². The number of hydrogen-bond donors (Lipinski definition) is 3. The molecule has 2 aliphatic rings. The number of aliphatic hydroxyl groups is 1. The molecule has 3 N–H and O–H groups in total. The van der Waals surface area contributed by atoms with Crippen LogP contribution in [0.1, 0.15) is 19.3 Å². The summed E-state index contributed by atoms with van der Waals surface area (Å²) in [5.74, 6) is 0.844. The molecule has 3 aromatic rings. The molecular formula is C25H24F3N3O4S. The summed E-state index contributed by atoms with van der Waals surface area (Å²) >= 11 is 0. The summed E-state index contributed by atoms with van der Waals surface area (Å²) in [5.41, 5.74) is 1.60. The zero-order valence-corrected chi connectivity index (χ0v) is 19.8. The largest absolute Gasteiger partial charge is 0.573 e. The highest BCUT2D eigenvalue weighted by Gasteiger charge is 2.40. The molecule has 0 amide bonds. The van der Waals surface area contributed by atoms with E-state index in [2.05, 4.69) is 9.46 Å². The number of para-hydroxylation sites is 4. The highest BCUT2D eigenvalue weighted by atomic mass is 32.2. The topological polar surface area (TPSA) is 94.9 Å². The lowest BCUT2D eigenvalue weighted by atomic mass is 9.86. The number of ether oxygens (including phenoxy) is 2. The smallest absolute Gasteiger partial charge is 0.453 e. The number of fused-ring (bicyclic) bond motifs is 2. The maximum Gasteiger partial charge on any atom is 0.573 e. The van der Waals surface area contributed by atoms with Crippen LogP contribution >= 0.6 is 0 Å². The third kappa shape index (κ3) is 4.86. The fourth-order valence-electron chi connectivity index (χ4n) is 4.77. The Kier molecular flexibility index (Phi) is 6.31. The van der Waals surface area contributed by atoms with E-state index in [0.717, 1.165) is 35.6 Å². The van der Waals surface area contributed by atoms with Crippen LogP contribution in [0.25, 0.3) is 0 Å². The van der Waals surface area contributed by atoms with Gasteiger partial charge in [-0.05, 0) is 67.8 Å². The van der Waals surface area contributed by atoms with E-state index in [0.29, 0.717) is 30.8 Å². The maximum atomic E-state index is 13.2. The molecule has 0 radical (unpaired) electrons. The van der Waals surface area contributed by atoms with Gasteiger partial charge in [0.1, 0.15) is 15.7 Å². The van der Waals surface area contributed by atoms with Gasteiger partial charge >= 0.3 is 6.36 Å². The van der Waals surface area contributed by atoms with E-state index in [1.54, 1.807) is 0 Å². The number of rotatable bonds is 5. The summed E-state index contributed by atoms with van der Waals surface area (Å²) in [6, 6.07) is 18.3. The van der Waals surface area contributed by atoms with Crippen LogP contribution in [0.3, 0.4) is 0 Å². The molecule has 0 saturated heterocycles. The average molecular weight is 520 g/mol. The quantitative estimate of drug-likeness (QED) is 0.401. The van der Waals surface area contributed by atoms with Gasteiger partial charge in [-0.3, -0.25) is 0 Å². The molecule has 1 fully saturated rings. The first-order valence-electron chi connectivity index (χ1n) is 11.4. The van der Waals surface area contributed by atoms with Crippen LogP contribution in [0.5, 0.6) is 17.2 Å². The third-order valence-corrected chi connectivity index (χ3v) is 7.90. The molecule has 3 aromatic carbocycles. The van der Waals surface area contributed by atoms with Crippen molar-refractivity contribution in [1.29, 1.82) is 4.78 Å². The molecule has 36 heavy (non-hydrogen) atoms. The number of halogens is 3. The molecule has 2 unspecified atom stereocenters. The second-order valence-electron chi connectivity index (χ2n) is 8.70. The molecule has 190 valence electrons. The van der Waals surface area contributed by atoms with E-state index in [-0.39, 0.29) is 10.9 Å². The number of alkyl halides is 3.